The van der Waals surface area contributed by atoms with Gasteiger partial charge in [0.05, 0.1) is 4.92 Å². The highest BCUT2D eigenvalue weighted by atomic mass is 16.6. The minimum atomic E-state index is -0.386. The van der Waals surface area contributed by atoms with Gasteiger partial charge in [-0.25, -0.2) is 0 Å². The maximum atomic E-state index is 12.3. The molecule has 1 aliphatic rings. The van der Waals surface area contributed by atoms with Gasteiger partial charge in [0.2, 0.25) is 0 Å². The smallest absolute Gasteiger partial charge is 0.293 e. The van der Waals surface area contributed by atoms with E-state index in [0.29, 0.717) is 17.2 Å². The first-order chi connectivity index (χ1) is 11.5. The van der Waals surface area contributed by atoms with Gasteiger partial charge in [0.15, 0.2) is 0 Å². The number of carbonyl (C=O) groups excluding carboxylic acids is 1. The molecule has 1 amide bonds. The predicted molar refractivity (Wildman–Crippen MR) is 95.5 cm³/mol. The molecule has 0 aromatic heterocycles. The van der Waals surface area contributed by atoms with Gasteiger partial charge in [-0.1, -0.05) is 20.8 Å². The molecule has 0 saturated carbocycles. The Hall–Kier alpha value is -2.11. The first-order valence-electron chi connectivity index (χ1n) is 8.80. The van der Waals surface area contributed by atoms with Crippen LogP contribution in [-0.2, 0) is 0 Å². The quantitative estimate of drug-likeness (QED) is 0.635. The third-order valence-corrected chi connectivity index (χ3v) is 4.75. The van der Waals surface area contributed by atoms with Gasteiger partial charge >= 0.3 is 0 Å². The van der Waals surface area contributed by atoms with Crippen LogP contribution in [0.5, 0.6) is 0 Å². The Morgan fingerprint density at radius 3 is 2.71 bits per heavy atom. The molecule has 132 valence electrons. The van der Waals surface area contributed by atoms with Crippen LogP contribution in [-0.4, -0.2) is 30.0 Å². The molecule has 1 aromatic carbocycles. The van der Waals surface area contributed by atoms with Crippen molar-refractivity contribution in [3.63, 3.8) is 0 Å². The van der Waals surface area contributed by atoms with Crippen molar-refractivity contribution in [3.8, 4) is 0 Å². The Labute approximate surface area is 143 Å². The van der Waals surface area contributed by atoms with E-state index in [4.69, 9.17) is 0 Å². The number of anilines is 1. The number of piperidine rings is 1. The fourth-order valence-corrected chi connectivity index (χ4v) is 3.25. The topological polar surface area (TPSA) is 75.5 Å². The first-order valence-corrected chi connectivity index (χ1v) is 8.80. The number of nitro benzene ring substituents is 1. The minimum Gasteiger partial charge on any atom is -0.366 e. The summed E-state index contributed by atoms with van der Waals surface area (Å²) in [5.74, 6) is 0.279. The van der Waals surface area contributed by atoms with Gasteiger partial charge in [-0.3, -0.25) is 14.9 Å². The molecule has 6 nitrogen and oxygen atoms in total. The Morgan fingerprint density at radius 2 is 2.12 bits per heavy atom. The third kappa shape index (κ3) is 4.24. The van der Waals surface area contributed by atoms with Crippen LogP contribution < -0.4 is 10.2 Å². The molecule has 6 heteroatoms. The number of benzene rings is 1. The molecule has 1 saturated heterocycles. The highest BCUT2D eigenvalue weighted by Crippen LogP contribution is 2.32. The number of nitro groups is 1. The van der Waals surface area contributed by atoms with Crippen molar-refractivity contribution in [3.05, 3.63) is 33.9 Å². The van der Waals surface area contributed by atoms with E-state index >= 15 is 0 Å². The summed E-state index contributed by atoms with van der Waals surface area (Å²) in [5, 5.41) is 14.4. The Morgan fingerprint density at radius 1 is 1.42 bits per heavy atom. The van der Waals surface area contributed by atoms with E-state index in [1.54, 1.807) is 12.1 Å². The maximum absolute atomic E-state index is 12.3. The number of rotatable bonds is 6. The molecule has 1 fully saturated rings. The summed E-state index contributed by atoms with van der Waals surface area (Å²) in [4.78, 5) is 25.5. The number of carbonyl (C=O) groups is 1. The Bertz CT molecular complexity index is 599. The average Bonchev–Trinajstić information content (AvgIpc) is 2.58. The summed E-state index contributed by atoms with van der Waals surface area (Å²) in [6.45, 7) is 7.83. The van der Waals surface area contributed by atoms with Crippen LogP contribution >= 0.6 is 0 Å². The SMILES string of the molecule is CCC(CC)NC(=O)c1ccc(N2CCC[C@H](C)C2)c([N+](=O)[O-])c1. The van der Waals surface area contributed by atoms with Crippen molar-refractivity contribution < 1.29 is 9.72 Å². The Balaban J connectivity index is 2.26. The van der Waals surface area contributed by atoms with Crippen molar-refractivity contribution in [1.82, 2.24) is 5.32 Å². The summed E-state index contributed by atoms with van der Waals surface area (Å²) < 4.78 is 0. The molecule has 0 unspecified atom stereocenters. The van der Waals surface area contributed by atoms with Gasteiger partial charge in [-0.2, -0.15) is 0 Å². The standard InChI is InChI=1S/C18H27N3O3/c1-4-15(5-2)19-18(22)14-8-9-16(17(11-14)21(23)24)20-10-6-7-13(3)12-20/h8-9,11,13,15H,4-7,10,12H2,1-3H3,(H,19,22)/t13-/m0/s1. The van der Waals surface area contributed by atoms with E-state index in [1.165, 1.54) is 6.07 Å². The second-order valence-corrected chi connectivity index (χ2v) is 6.64. The van der Waals surface area contributed by atoms with Crippen LogP contribution in [0.25, 0.3) is 0 Å². The number of hydrogen-bond acceptors (Lipinski definition) is 4. The largest absolute Gasteiger partial charge is 0.366 e. The second kappa shape index (κ2) is 8.13. The predicted octanol–water partition coefficient (Wildman–Crippen LogP) is 3.75. The van der Waals surface area contributed by atoms with Crippen molar-refractivity contribution in [1.29, 1.82) is 0 Å². The molecule has 1 atom stereocenters. The zero-order valence-corrected chi connectivity index (χ0v) is 14.7. The molecule has 1 aliphatic heterocycles. The van der Waals surface area contributed by atoms with E-state index in [-0.39, 0.29) is 22.6 Å². The van der Waals surface area contributed by atoms with E-state index in [1.807, 2.05) is 13.8 Å². The van der Waals surface area contributed by atoms with Gasteiger partial charge in [-0.05, 0) is 43.7 Å². The van der Waals surface area contributed by atoms with Gasteiger partial charge in [-0.15, -0.1) is 0 Å². The molecule has 2 rings (SSSR count). The number of nitrogens with one attached hydrogen (secondary N) is 1. The summed E-state index contributed by atoms with van der Waals surface area (Å²) in [6, 6.07) is 4.92. The molecule has 0 bridgehead atoms. The highest BCUT2D eigenvalue weighted by Gasteiger charge is 2.25. The molecule has 0 radical (unpaired) electrons. The second-order valence-electron chi connectivity index (χ2n) is 6.64. The molecule has 0 aliphatic carbocycles. The van der Waals surface area contributed by atoms with E-state index < -0.39 is 0 Å². The monoisotopic (exact) mass is 333 g/mol. The molecule has 1 N–H and O–H groups in total. The lowest BCUT2D eigenvalue weighted by atomic mass is 9.99. The summed E-state index contributed by atoms with van der Waals surface area (Å²) >= 11 is 0. The van der Waals surface area contributed by atoms with Gasteiger partial charge in [0, 0.05) is 30.8 Å². The average molecular weight is 333 g/mol. The van der Waals surface area contributed by atoms with Crippen molar-refractivity contribution in [2.75, 3.05) is 18.0 Å². The number of amides is 1. The first kappa shape index (κ1) is 18.2. The van der Waals surface area contributed by atoms with Gasteiger partial charge in [0.1, 0.15) is 5.69 Å². The van der Waals surface area contributed by atoms with Gasteiger partial charge in [0.25, 0.3) is 11.6 Å². The van der Waals surface area contributed by atoms with Crippen molar-refractivity contribution >= 4 is 17.3 Å². The Kier molecular flexibility index (Phi) is 6.17. The van der Waals surface area contributed by atoms with Crippen LogP contribution in [0.1, 0.15) is 56.8 Å². The van der Waals surface area contributed by atoms with E-state index in [0.717, 1.165) is 38.8 Å². The number of hydrogen-bond donors (Lipinski definition) is 1. The maximum Gasteiger partial charge on any atom is 0.293 e. The van der Waals surface area contributed by atoms with E-state index in [2.05, 4.69) is 17.1 Å². The van der Waals surface area contributed by atoms with Crippen LogP contribution in [0.3, 0.4) is 0 Å². The van der Waals surface area contributed by atoms with Crippen molar-refractivity contribution in [2.45, 2.75) is 52.5 Å². The molecule has 24 heavy (non-hydrogen) atoms. The molecular weight excluding hydrogens is 306 g/mol. The molecule has 1 heterocycles. The molecule has 1 aromatic rings. The third-order valence-electron chi connectivity index (χ3n) is 4.75. The molecule has 0 spiro atoms. The normalized spacial score (nSPS) is 17.8. The van der Waals surface area contributed by atoms with Crippen molar-refractivity contribution in [2.24, 2.45) is 5.92 Å². The zero-order valence-electron chi connectivity index (χ0n) is 14.7. The summed E-state index contributed by atoms with van der Waals surface area (Å²) in [6.07, 6.45) is 3.87. The molecular formula is C18H27N3O3. The fraction of sp³-hybridized carbons (Fsp3) is 0.611. The fourth-order valence-electron chi connectivity index (χ4n) is 3.25. The van der Waals surface area contributed by atoms with Crippen LogP contribution in [0.4, 0.5) is 11.4 Å². The summed E-state index contributed by atoms with van der Waals surface area (Å²) in [7, 11) is 0. The van der Waals surface area contributed by atoms with Crippen LogP contribution in [0, 0.1) is 16.0 Å². The van der Waals surface area contributed by atoms with Crippen LogP contribution in [0.15, 0.2) is 18.2 Å². The number of nitrogens with zero attached hydrogens (tertiary/aromatic N) is 2. The highest BCUT2D eigenvalue weighted by molar-refractivity contribution is 5.96. The van der Waals surface area contributed by atoms with Crippen LogP contribution in [0.2, 0.25) is 0 Å². The van der Waals surface area contributed by atoms with E-state index in [9.17, 15) is 14.9 Å². The lowest BCUT2D eigenvalue weighted by molar-refractivity contribution is -0.384. The lowest BCUT2D eigenvalue weighted by Crippen LogP contribution is -2.35. The zero-order chi connectivity index (χ0) is 17.7. The summed E-state index contributed by atoms with van der Waals surface area (Å²) in [5.41, 5.74) is 0.981. The lowest BCUT2D eigenvalue weighted by Gasteiger charge is -2.32. The minimum absolute atomic E-state index is 0.0151. The van der Waals surface area contributed by atoms with Gasteiger partial charge < -0.3 is 10.2 Å².